The summed E-state index contributed by atoms with van der Waals surface area (Å²) >= 11 is 2.35. The fraction of sp³-hybridized carbons (Fsp3) is 0.786. The van der Waals surface area contributed by atoms with Crippen molar-refractivity contribution in [1.29, 1.82) is 0 Å². The minimum Gasteiger partial charge on any atom is -0.382 e. The van der Waals surface area contributed by atoms with Gasteiger partial charge < -0.3 is 14.9 Å². The first-order chi connectivity index (χ1) is 20.6. The maximum absolute atomic E-state index is 15.9. The Morgan fingerprint density at radius 2 is 1.40 bits per heavy atom. The maximum atomic E-state index is 15.9. The fourth-order valence-corrected chi connectivity index (χ4v) is 6.56. The molecule has 13 nitrogen and oxygen atoms in total. The molecular formula is C28H48FN2O11PS2. The highest BCUT2D eigenvalue weighted by Crippen LogP contribution is 2.51. The van der Waals surface area contributed by atoms with E-state index in [0.717, 1.165) is 26.3 Å². The molecule has 260 valence electrons. The summed E-state index contributed by atoms with van der Waals surface area (Å²) in [7, 11) is -3.61. The number of carbonyl (C=O) groups excluding carboxylic acids is 2. The molecular weight excluding hydrogens is 654 g/mol. The standard InChI is InChI=1S/C28H48FN2O11PS2/c1-25(2,3)22(34)44-17-11-9-15-40-43(38,41-16-10-12-18-45-23(35)26(4,5)6)42-19-28(29,39-8)21(33)27(7,37)31-14-13-20(32)30-24(31)36/h13-14,21,33,37H,9-12,15-19H2,1-8H3,(H,30,32,36)/t21-,27+,28+/m0/s1. The minimum absolute atomic E-state index is 0.0283. The van der Waals surface area contributed by atoms with E-state index in [1.807, 2.05) is 46.5 Å². The highest BCUT2D eigenvalue weighted by Gasteiger charge is 2.52. The number of unbranched alkanes of at least 4 members (excludes halogenated alkanes) is 2. The third-order valence-electron chi connectivity index (χ3n) is 6.26. The van der Waals surface area contributed by atoms with E-state index in [1.165, 1.54) is 23.5 Å². The zero-order chi connectivity index (χ0) is 34.7. The number of aliphatic hydroxyl groups is 2. The second kappa shape index (κ2) is 17.7. The number of aromatic nitrogens is 2. The summed E-state index contributed by atoms with van der Waals surface area (Å²) in [6.07, 6.45) is 0.160. The molecule has 1 aromatic heterocycles. The summed E-state index contributed by atoms with van der Waals surface area (Å²) in [4.78, 5) is 49.7. The van der Waals surface area contributed by atoms with Gasteiger partial charge in [-0.2, -0.15) is 0 Å². The van der Waals surface area contributed by atoms with Gasteiger partial charge >= 0.3 is 13.5 Å². The molecule has 0 fully saturated rings. The van der Waals surface area contributed by atoms with Gasteiger partial charge in [0.25, 0.3) is 11.4 Å². The lowest BCUT2D eigenvalue weighted by atomic mass is 9.99. The van der Waals surface area contributed by atoms with Crippen LogP contribution in [0.15, 0.2) is 21.9 Å². The Labute approximate surface area is 271 Å². The third kappa shape index (κ3) is 13.7. The van der Waals surface area contributed by atoms with E-state index >= 15 is 4.39 Å². The van der Waals surface area contributed by atoms with Crippen LogP contribution >= 0.6 is 31.3 Å². The average molecular weight is 703 g/mol. The quantitative estimate of drug-likeness (QED) is 0.138. The van der Waals surface area contributed by atoms with Crippen molar-refractivity contribution in [2.75, 3.05) is 38.4 Å². The van der Waals surface area contributed by atoms with E-state index < -0.39 is 54.2 Å². The van der Waals surface area contributed by atoms with E-state index in [-0.39, 0.29) is 23.4 Å². The Hall–Kier alpha value is -1.36. The largest absolute Gasteiger partial charge is 0.474 e. The summed E-state index contributed by atoms with van der Waals surface area (Å²) in [6, 6.07) is 0.886. The van der Waals surface area contributed by atoms with E-state index in [2.05, 4.69) is 0 Å². The Morgan fingerprint density at radius 1 is 0.933 bits per heavy atom. The number of hydrogen-bond acceptors (Lipinski definition) is 13. The summed E-state index contributed by atoms with van der Waals surface area (Å²) in [5.74, 6) is -2.24. The Kier molecular flexibility index (Phi) is 16.4. The number of carbonyl (C=O) groups is 2. The number of halogens is 1. The number of rotatable bonds is 19. The number of nitrogens with zero attached hydrogens (tertiary/aromatic N) is 1. The molecule has 0 radical (unpaired) electrons. The van der Waals surface area contributed by atoms with E-state index in [1.54, 1.807) is 0 Å². The monoisotopic (exact) mass is 702 g/mol. The number of aliphatic hydroxyl groups excluding tert-OH is 1. The lowest BCUT2D eigenvalue weighted by Crippen LogP contribution is -2.59. The lowest BCUT2D eigenvalue weighted by Gasteiger charge is -2.38. The predicted octanol–water partition coefficient (Wildman–Crippen LogP) is 4.20. The van der Waals surface area contributed by atoms with Crippen LogP contribution in [0.5, 0.6) is 0 Å². The Bertz CT molecular complexity index is 1230. The maximum Gasteiger partial charge on any atom is 0.474 e. The molecule has 45 heavy (non-hydrogen) atoms. The second-order valence-corrected chi connectivity index (χ2v) is 16.3. The van der Waals surface area contributed by atoms with Gasteiger partial charge in [-0.3, -0.25) is 37.5 Å². The van der Waals surface area contributed by atoms with Gasteiger partial charge in [0.2, 0.25) is 0 Å². The van der Waals surface area contributed by atoms with Crippen LogP contribution in [0.3, 0.4) is 0 Å². The number of methoxy groups -OCH3 is 1. The van der Waals surface area contributed by atoms with Gasteiger partial charge in [-0.1, -0.05) is 65.1 Å². The van der Waals surface area contributed by atoms with Crippen LogP contribution in [-0.2, 0) is 38.2 Å². The molecule has 0 spiro atoms. The summed E-state index contributed by atoms with van der Waals surface area (Å²) < 4.78 is 50.8. The van der Waals surface area contributed by atoms with Crippen LogP contribution in [0.2, 0.25) is 0 Å². The summed E-state index contributed by atoms with van der Waals surface area (Å²) in [5, 5.41) is 21.7. The Balaban J connectivity index is 2.93. The average Bonchev–Trinajstić information content (AvgIpc) is 2.93. The molecule has 1 heterocycles. The van der Waals surface area contributed by atoms with Gasteiger partial charge in [-0.05, 0) is 32.6 Å². The zero-order valence-electron chi connectivity index (χ0n) is 27.3. The van der Waals surface area contributed by atoms with Gasteiger partial charge in [-0.25, -0.2) is 13.8 Å². The van der Waals surface area contributed by atoms with Gasteiger partial charge in [-0.15, -0.1) is 0 Å². The van der Waals surface area contributed by atoms with Gasteiger partial charge in [0.05, 0.1) is 13.2 Å². The molecule has 1 rings (SSSR count). The first-order valence-electron chi connectivity index (χ1n) is 14.4. The van der Waals surface area contributed by atoms with Gasteiger partial charge in [0.15, 0.2) is 22.1 Å². The third-order valence-corrected chi connectivity index (χ3v) is 10.4. The van der Waals surface area contributed by atoms with Crippen LogP contribution in [0.25, 0.3) is 0 Å². The van der Waals surface area contributed by atoms with Crippen molar-refractivity contribution in [1.82, 2.24) is 9.55 Å². The number of phosphoric acid groups is 1. The molecule has 0 saturated heterocycles. The normalized spacial score (nSPS) is 16.2. The van der Waals surface area contributed by atoms with Crippen molar-refractivity contribution >= 4 is 41.6 Å². The zero-order valence-corrected chi connectivity index (χ0v) is 29.8. The number of phosphoric ester groups is 1. The smallest absolute Gasteiger partial charge is 0.382 e. The number of alkyl halides is 1. The number of H-pyrrole nitrogens is 1. The number of ether oxygens (including phenoxy) is 1. The highest BCUT2D eigenvalue weighted by molar-refractivity contribution is 8.14. The minimum atomic E-state index is -4.47. The molecule has 0 aromatic carbocycles. The molecule has 0 unspecified atom stereocenters. The fourth-order valence-electron chi connectivity index (χ4n) is 3.37. The van der Waals surface area contributed by atoms with Crippen LogP contribution in [-0.4, -0.2) is 80.4 Å². The lowest BCUT2D eigenvalue weighted by molar-refractivity contribution is -0.273. The summed E-state index contributed by atoms with van der Waals surface area (Å²) in [6.45, 7) is 10.3. The first-order valence-corrected chi connectivity index (χ1v) is 17.9. The van der Waals surface area contributed by atoms with Crippen molar-refractivity contribution in [3.05, 3.63) is 33.1 Å². The van der Waals surface area contributed by atoms with E-state index in [0.29, 0.717) is 41.8 Å². The second-order valence-electron chi connectivity index (χ2n) is 12.5. The number of nitrogens with one attached hydrogen (secondary N) is 1. The first kappa shape index (κ1) is 41.7. The van der Waals surface area contributed by atoms with Gasteiger partial charge in [0, 0.05) is 41.7 Å². The predicted molar refractivity (Wildman–Crippen MR) is 172 cm³/mol. The van der Waals surface area contributed by atoms with Crippen molar-refractivity contribution in [2.45, 2.75) is 91.8 Å². The van der Waals surface area contributed by atoms with Crippen LogP contribution < -0.4 is 11.2 Å². The van der Waals surface area contributed by atoms with Crippen molar-refractivity contribution in [3.8, 4) is 0 Å². The van der Waals surface area contributed by atoms with Crippen LogP contribution in [0.4, 0.5) is 4.39 Å². The molecule has 0 aliphatic heterocycles. The van der Waals surface area contributed by atoms with Crippen LogP contribution in [0.1, 0.15) is 74.1 Å². The molecule has 0 amide bonds. The topological polar surface area (TPSA) is 183 Å². The molecule has 1 aromatic rings. The number of thioether (sulfide) groups is 2. The number of hydrogen-bond donors (Lipinski definition) is 3. The molecule has 0 aliphatic rings. The molecule has 3 N–H and O–H groups in total. The van der Waals surface area contributed by atoms with Crippen molar-refractivity contribution in [3.63, 3.8) is 0 Å². The van der Waals surface area contributed by atoms with E-state index in [9.17, 15) is 34.0 Å². The molecule has 0 aliphatic carbocycles. The Morgan fingerprint density at radius 3 is 1.80 bits per heavy atom. The van der Waals surface area contributed by atoms with Crippen molar-refractivity contribution in [2.24, 2.45) is 10.8 Å². The SMILES string of the molecule is CO[C@](F)(COP(=O)(OCCCCSC(=O)C(C)(C)C)OCCCCSC(=O)C(C)(C)C)[C@@H](O)[C@@](C)(O)n1ccc(=O)[nH]c1=O. The molecule has 3 atom stereocenters. The molecule has 0 bridgehead atoms. The van der Waals surface area contributed by atoms with Crippen LogP contribution in [0, 0.1) is 10.8 Å². The van der Waals surface area contributed by atoms with Gasteiger partial charge in [0.1, 0.15) is 6.61 Å². The molecule has 0 saturated carbocycles. The van der Waals surface area contributed by atoms with Crippen molar-refractivity contribution < 1.29 is 47.1 Å². The highest BCUT2D eigenvalue weighted by atomic mass is 32.2. The number of aromatic amines is 1. The van der Waals surface area contributed by atoms with E-state index in [4.69, 9.17) is 18.3 Å². The summed E-state index contributed by atoms with van der Waals surface area (Å²) in [5.41, 5.74) is -5.55. The molecule has 17 heteroatoms.